The van der Waals surface area contributed by atoms with Gasteiger partial charge in [-0.15, -0.1) is 0 Å². The molecule has 1 aliphatic rings. The van der Waals surface area contributed by atoms with E-state index in [9.17, 15) is 14.9 Å². The van der Waals surface area contributed by atoms with Crippen LogP contribution >= 0.6 is 0 Å². The number of ether oxygens (including phenoxy) is 1. The Bertz CT molecular complexity index is 1210. The molecular formula is C20H20N6O4. The summed E-state index contributed by atoms with van der Waals surface area (Å²) in [4.78, 5) is 28.1. The summed E-state index contributed by atoms with van der Waals surface area (Å²) in [5, 5.41) is 19.3. The molecule has 154 valence electrons. The molecule has 0 amide bonds. The highest BCUT2D eigenvalue weighted by Gasteiger charge is 2.38. The Labute approximate surface area is 171 Å². The van der Waals surface area contributed by atoms with Gasteiger partial charge in [0, 0.05) is 55.8 Å². The molecule has 1 atom stereocenters. The molecule has 1 unspecified atom stereocenters. The van der Waals surface area contributed by atoms with Crippen molar-refractivity contribution in [1.82, 2.24) is 19.3 Å². The number of aryl methyl sites for hydroxylation is 2. The quantitative estimate of drug-likeness (QED) is 0.401. The van der Waals surface area contributed by atoms with Gasteiger partial charge in [0.05, 0.1) is 17.6 Å². The lowest BCUT2D eigenvalue weighted by Crippen LogP contribution is -2.24. The molecule has 0 aliphatic carbocycles. The fraction of sp³-hybridized carbons (Fsp3) is 0.250. The molecular weight excluding hydrogens is 388 g/mol. The number of anilines is 1. The minimum absolute atomic E-state index is 0.0584. The van der Waals surface area contributed by atoms with E-state index in [1.165, 1.54) is 19.2 Å². The van der Waals surface area contributed by atoms with E-state index in [1.54, 1.807) is 43.2 Å². The van der Waals surface area contributed by atoms with Gasteiger partial charge in [0.2, 0.25) is 0 Å². The summed E-state index contributed by atoms with van der Waals surface area (Å²) in [5.41, 5.74) is 2.79. The first kappa shape index (κ1) is 19.4. The Balaban J connectivity index is 2.03. The smallest absolute Gasteiger partial charge is 0.336 e. The second kappa shape index (κ2) is 7.14. The molecule has 4 rings (SSSR count). The highest BCUT2D eigenvalue weighted by molar-refractivity contribution is 5.95. The Morgan fingerprint density at radius 3 is 2.73 bits per heavy atom. The van der Waals surface area contributed by atoms with Crippen molar-refractivity contribution >= 4 is 17.5 Å². The number of nitrogens with one attached hydrogen (secondary N) is 1. The van der Waals surface area contributed by atoms with E-state index in [0.29, 0.717) is 39.7 Å². The minimum atomic E-state index is -0.617. The molecule has 1 aromatic carbocycles. The lowest BCUT2D eigenvalue weighted by Gasteiger charge is -2.28. The number of hydrogen-bond acceptors (Lipinski definition) is 7. The summed E-state index contributed by atoms with van der Waals surface area (Å²) in [5.74, 6) is 0.174. The number of allylic oxidation sites excluding steroid dienone is 1. The summed E-state index contributed by atoms with van der Waals surface area (Å²) in [6.45, 7) is 1.77. The number of nitro groups is 1. The van der Waals surface area contributed by atoms with Gasteiger partial charge in [-0.1, -0.05) is 12.1 Å². The summed E-state index contributed by atoms with van der Waals surface area (Å²) in [7, 11) is 4.95. The van der Waals surface area contributed by atoms with Gasteiger partial charge in [-0.2, -0.15) is 5.10 Å². The molecule has 0 fully saturated rings. The number of carbonyl (C=O) groups is 1. The summed E-state index contributed by atoms with van der Waals surface area (Å²) < 4.78 is 8.56. The fourth-order valence-electron chi connectivity index (χ4n) is 3.86. The SMILES string of the molecule is COC(=O)C1=C(C)Nc2c(c(-c3nccn3C)nn2C)C1c1cccc([N+](=O)[O-])c1. The molecule has 3 heterocycles. The minimum Gasteiger partial charge on any atom is -0.466 e. The van der Waals surface area contributed by atoms with Crippen molar-refractivity contribution < 1.29 is 14.5 Å². The zero-order chi connectivity index (χ0) is 21.6. The number of fused-ring (bicyclic) bond motifs is 1. The molecule has 3 aromatic rings. The van der Waals surface area contributed by atoms with Crippen molar-refractivity contribution in [2.45, 2.75) is 12.8 Å². The topological polar surface area (TPSA) is 117 Å². The summed E-state index contributed by atoms with van der Waals surface area (Å²) >= 11 is 0. The van der Waals surface area contributed by atoms with Crippen LogP contribution in [0.15, 0.2) is 47.9 Å². The zero-order valence-electron chi connectivity index (χ0n) is 16.9. The molecule has 0 bridgehead atoms. The van der Waals surface area contributed by atoms with Crippen LogP contribution in [0.5, 0.6) is 0 Å². The fourth-order valence-corrected chi connectivity index (χ4v) is 3.86. The van der Waals surface area contributed by atoms with Crippen molar-refractivity contribution in [3.63, 3.8) is 0 Å². The van der Waals surface area contributed by atoms with Crippen LogP contribution in [0, 0.1) is 10.1 Å². The third kappa shape index (κ3) is 2.93. The second-order valence-corrected chi connectivity index (χ2v) is 7.04. The Morgan fingerprint density at radius 1 is 1.33 bits per heavy atom. The lowest BCUT2D eigenvalue weighted by atomic mass is 9.81. The highest BCUT2D eigenvalue weighted by atomic mass is 16.6. The van der Waals surface area contributed by atoms with Gasteiger partial charge in [0.1, 0.15) is 11.5 Å². The van der Waals surface area contributed by atoms with Crippen LogP contribution in [0.2, 0.25) is 0 Å². The molecule has 30 heavy (non-hydrogen) atoms. The zero-order valence-corrected chi connectivity index (χ0v) is 16.9. The van der Waals surface area contributed by atoms with Crippen LogP contribution < -0.4 is 5.32 Å². The Hall–Kier alpha value is -3.95. The van der Waals surface area contributed by atoms with E-state index in [4.69, 9.17) is 4.74 Å². The number of hydrogen-bond donors (Lipinski definition) is 1. The molecule has 1 N–H and O–H groups in total. The maximum absolute atomic E-state index is 12.8. The van der Waals surface area contributed by atoms with Crippen LogP contribution in [0.25, 0.3) is 11.5 Å². The van der Waals surface area contributed by atoms with Gasteiger partial charge < -0.3 is 14.6 Å². The van der Waals surface area contributed by atoms with E-state index < -0.39 is 16.8 Å². The van der Waals surface area contributed by atoms with Gasteiger partial charge in [-0.05, 0) is 12.5 Å². The summed E-state index contributed by atoms with van der Waals surface area (Å²) in [6, 6.07) is 6.27. The Kier molecular flexibility index (Phi) is 4.61. The first-order chi connectivity index (χ1) is 14.3. The number of benzene rings is 1. The number of imidazole rings is 1. The number of carbonyl (C=O) groups excluding carboxylic acids is 1. The molecule has 2 aromatic heterocycles. The highest BCUT2D eigenvalue weighted by Crippen LogP contribution is 2.46. The molecule has 0 radical (unpaired) electrons. The molecule has 1 aliphatic heterocycles. The van der Waals surface area contributed by atoms with Crippen LogP contribution in [0.4, 0.5) is 11.5 Å². The van der Waals surface area contributed by atoms with E-state index in [1.807, 2.05) is 11.6 Å². The van der Waals surface area contributed by atoms with Crippen molar-refractivity contribution in [2.24, 2.45) is 14.1 Å². The van der Waals surface area contributed by atoms with Gasteiger partial charge in [0.25, 0.3) is 5.69 Å². The predicted molar refractivity (Wildman–Crippen MR) is 109 cm³/mol. The lowest BCUT2D eigenvalue weighted by molar-refractivity contribution is -0.384. The first-order valence-corrected chi connectivity index (χ1v) is 9.18. The predicted octanol–water partition coefficient (Wildman–Crippen LogP) is 2.73. The molecule has 0 spiro atoms. The van der Waals surface area contributed by atoms with Crippen molar-refractivity contribution in [1.29, 1.82) is 0 Å². The third-order valence-corrected chi connectivity index (χ3v) is 5.22. The number of nitrogens with zero attached hydrogens (tertiary/aromatic N) is 5. The number of esters is 1. The average molecular weight is 408 g/mol. The molecule has 0 saturated heterocycles. The average Bonchev–Trinajstić information content (AvgIpc) is 3.29. The largest absolute Gasteiger partial charge is 0.466 e. The Morgan fingerprint density at radius 2 is 2.10 bits per heavy atom. The van der Waals surface area contributed by atoms with Crippen molar-refractivity contribution in [3.05, 3.63) is 69.2 Å². The second-order valence-electron chi connectivity index (χ2n) is 7.04. The molecule has 10 nitrogen and oxygen atoms in total. The van der Waals surface area contributed by atoms with Crippen LogP contribution in [-0.4, -0.2) is 37.3 Å². The molecule has 0 saturated carbocycles. The van der Waals surface area contributed by atoms with E-state index >= 15 is 0 Å². The standard InChI is InChI=1S/C20H20N6O4/c1-11-14(20(27)30-4)15(12-6-5-7-13(10-12)26(28)29)16-17(19-21-8-9-24(19)2)23-25(3)18(16)22-11/h5-10,15,22H,1-4H3. The number of methoxy groups -OCH3 is 1. The van der Waals surface area contributed by atoms with Crippen molar-refractivity contribution in [3.8, 4) is 11.5 Å². The molecule has 10 heteroatoms. The van der Waals surface area contributed by atoms with Crippen LogP contribution in [0.1, 0.15) is 24.0 Å². The monoisotopic (exact) mass is 408 g/mol. The normalized spacial score (nSPS) is 15.5. The van der Waals surface area contributed by atoms with Crippen molar-refractivity contribution in [2.75, 3.05) is 12.4 Å². The van der Waals surface area contributed by atoms with E-state index in [-0.39, 0.29) is 5.69 Å². The van der Waals surface area contributed by atoms with Gasteiger partial charge in [0.15, 0.2) is 5.82 Å². The first-order valence-electron chi connectivity index (χ1n) is 9.18. The summed E-state index contributed by atoms with van der Waals surface area (Å²) in [6.07, 6.45) is 3.47. The van der Waals surface area contributed by atoms with E-state index in [2.05, 4.69) is 15.4 Å². The maximum Gasteiger partial charge on any atom is 0.336 e. The third-order valence-electron chi connectivity index (χ3n) is 5.22. The van der Waals surface area contributed by atoms with Gasteiger partial charge in [-0.3, -0.25) is 14.8 Å². The van der Waals surface area contributed by atoms with Gasteiger partial charge >= 0.3 is 5.97 Å². The number of non-ortho nitro benzene ring substituents is 1. The van der Waals surface area contributed by atoms with Crippen LogP contribution in [0.3, 0.4) is 0 Å². The maximum atomic E-state index is 12.8. The van der Waals surface area contributed by atoms with E-state index in [0.717, 1.165) is 0 Å². The number of rotatable bonds is 4. The van der Waals surface area contributed by atoms with Gasteiger partial charge in [-0.25, -0.2) is 9.78 Å². The van der Waals surface area contributed by atoms with Crippen LogP contribution in [-0.2, 0) is 23.6 Å². The number of nitro benzene ring substituents is 1. The number of aromatic nitrogens is 4.